The van der Waals surface area contributed by atoms with Crippen molar-refractivity contribution in [1.82, 2.24) is 0 Å². The Balaban J connectivity index is 2.81. The van der Waals surface area contributed by atoms with Crippen LogP contribution >= 0.6 is 0 Å². The predicted octanol–water partition coefficient (Wildman–Crippen LogP) is 2.75. The number of carbonyl (C=O) groups excluding carboxylic acids is 1. The van der Waals surface area contributed by atoms with Crippen LogP contribution in [0, 0.1) is 6.92 Å². The molecule has 0 saturated carbocycles. The van der Waals surface area contributed by atoms with Crippen LogP contribution in [-0.2, 0) is 0 Å². The van der Waals surface area contributed by atoms with E-state index in [2.05, 4.69) is 0 Å². The molecule has 0 radical (unpaired) electrons. The van der Waals surface area contributed by atoms with Crippen molar-refractivity contribution < 1.29 is 19.4 Å². The summed E-state index contributed by atoms with van der Waals surface area (Å²) < 4.78 is 11.3. The fourth-order valence-electron chi connectivity index (χ4n) is 1.74. The minimum Gasteiger partial charge on any atom is -0.493 e. The number of hydrogen-bond donors (Lipinski definition) is 1. The minimum absolute atomic E-state index is 0.155. The summed E-state index contributed by atoms with van der Waals surface area (Å²) in [5.41, 5.74) is 1.38. The van der Waals surface area contributed by atoms with E-state index in [1.165, 1.54) is 0 Å². The van der Waals surface area contributed by atoms with Crippen LogP contribution in [0.15, 0.2) is 12.1 Å². The summed E-state index contributed by atoms with van der Waals surface area (Å²) in [6.45, 7) is 5.22. The van der Waals surface area contributed by atoms with Gasteiger partial charge in [0, 0.05) is 12.2 Å². The van der Waals surface area contributed by atoms with Gasteiger partial charge in [-0.1, -0.05) is 6.92 Å². The Kier molecular flexibility index (Phi) is 6.97. The highest BCUT2D eigenvalue weighted by atomic mass is 16.5. The molecule has 0 heterocycles. The third kappa shape index (κ3) is 4.56. The summed E-state index contributed by atoms with van der Waals surface area (Å²) in [5, 5.41) is 8.73. The SMILES string of the molecule is CCCOc1ccc(C=O)c(OCCCCO)c1C. The molecule has 0 spiro atoms. The summed E-state index contributed by atoms with van der Waals surface area (Å²) in [6.07, 6.45) is 3.18. The lowest BCUT2D eigenvalue weighted by atomic mass is 10.1. The molecule has 1 N–H and O–H groups in total. The topological polar surface area (TPSA) is 55.8 Å². The van der Waals surface area contributed by atoms with Crippen LogP contribution in [0.3, 0.4) is 0 Å². The number of aliphatic hydroxyl groups is 1. The number of aliphatic hydroxyl groups excluding tert-OH is 1. The normalized spacial score (nSPS) is 10.3. The molecule has 1 aromatic rings. The van der Waals surface area contributed by atoms with Gasteiger partial charge in [0.2, 0.25) is 0 Å². The van der Waals surface area contributed by atoms with Crippen molar-refractivity contribution in [2.24, 2.45) is 0 Å². The van der Waals surface area contributed by atoms with Gasteiger partial charge in [0.25, 0.3) is 0 Å². The van der Waals surface area contributed by atoms with E-state index in [1.807, 2.05) is 13.8 Å². The number of unbranched alkanes of at least 4 members (excludes halogenated alkanes) is 1. The predicted molar refractivity (Wildman–Crippen MR) is 74.2 cm³/mol. The van der Waals surface area contributed by atoms with Gasteiger partial charge >= 0.3 is 0 Å². The monoisotopic (exact) mass is 266 g/mol. The molecule has 4 nitrogen and oxygen atoms in total. The minimum atomic E-state index is 0.155. The van der Waals surface area contributed by atoms with Crippen LogP contribution < -0.4 is 9.47 Å². The van der Waals surface area contributed by atoms with Gasteiger partial charge in [0.05, 0.1) is 18.8 Å². The lowest BCUT2D eigenvalue weighted by Gasteiger charge is -2.15. The maximum absolute atomic E-state index is 11.0. The molecule has 0 saturated heterocycles. The lowest BCUT2D eigenvalue weighted by molar-refractivity contribution is 0.111. The zero-order valence-electron chi connectivity index (χ0n) is 11.6. The maximum atomic E-state index is 11.0. The van der Waals surface area contributed by atoms with Crippen LogP contribution in [-0.4, -0.2) is 31.2 Å². The summed E-state index contributed by atoms with van der Waals surface area (Å²) in [7, 11) is 0. The van der Waals surface area contributed by atoms with E-state index in [1.54, 1.807) is 12.1 Å². The molecule has 0 bridgehead atoms. The van der Waals surface area contributed by atoms with Gasteiger partial charge in [-0.15, -0.1) is 0 Å². The second-order valence-corrected chi connectivity index (χ2v) is 4.35. The molecule has 0 amide bonds. The Hall–Kier alpha value is -1.55. The average Bonchev–Trinajstić information content (AvgIpc) is 2.43. The van der Waals surface area contributed by atoms with E-state index in [-0.39, 0.29) is 6.61 Å². The van der Waals surface area contributed by atoms with Crippen molar-refractivity contribution in [3.8, 4) is 11.5 Å². The molecule has 0 fully saturated rings. The molecule has 0 atom stereocenters. The lowest BCUT2D eigenvalue weighted by Crippen LogP contribution is -2.05. The van der Waals surface area contributed by atoms with Gasteiger partial charge in [0.15, 0.2) is 6.29 Å². The molecule has 1 aromatic carbocycles. The van der Waals surface area contributed by atoms with Gasteiger partial charge in [-0.2, -0.15) is 0 Å². The third-order valence-electron chi connectivity index (χ3n) is 2.77. The van der Waals surface area contributed by atoms with Crippen LogP contribution in [0.5, 0.6) is 11.5 Å². The summed E-state index contributed by atoms with van der Waals surface area (Å²) in [5.74, 6) is 1.34. The number of aldehydes is 1. The van der Waals surface area contributed by atoms with Crippen molar-refractivity contribution in [2.75, 3.05) is 19.8 Å². The summed E-state index contributed by atoms with van der Waals surface area (Å²) >= 11 is 0. The van der Waals surface area contributed by atoms with Gasteiger partial charge < -0.3 is 14.6 Å². The zero-order chi connectivity index (χ0) is 14.1. The highest BCUT2D eigenvalue weighted by molar-refractivity contribution is 5.81. The quantitative estimate of drug-likeness (QED) is 0.551. The van der Waals surface area contributed by atoms with Crippen LogP contribution in [0.2, 0.25) is 0 Å². The third-order valence-corrected chi connectivity index (χ3v) is 2.77. The fraction of sp³-hybridized carbons (Fsp3) is 0.533. The molecule has 0 unspecified atom stereocenters. The molecule has 0 aliphatic heterocycles. The van der Waals surface area contributed by atoms with Gasteiger partial charge in [-0.05, 0) is 38.3 Å². The van der Waals surface area contributed by atoms with Crippen LogP contribution in [0.4, 0.5) is 0 Å². The van der Waals surface area contributed by atoms with E-state index in [4.69, 9.17) is 14.6 Å². The number of carbonyl (C=O) groups is 1. The van der Waals surface area contributed by atoms with Gasteiger partial charge in [0.1, 0.15) is 11.5 Å². The molecule has 4 heteroatoms. The Morgan fingerprint density at radius 1 is 1.21 bits per heavy atom. The molecule has 19 heavy (non-hydrogen) atoms. The summed E-state index contributed by atoms with van der Waals surface area (Å²) in [6, 6.07) is 3.52. The molecule has 106 valence electrons. The van der Waals surface area contributed by atoms with Crippen molar-refractivity contribution >= 4 is 6.29 Å². The first kappa shape index (κ1) is 15.5. The van der Waals surface area contributed by atoms with Gasteiger partial charge in [-0.3, -0.25) is 4.79 Å². The van der Waals surface area contributed by atoms with E-state index in [9.17, 15) is 4.79 Å². The molecule has 0 aromatic heterocycles. The molecule has 1 rings (SSSR count). The first-order valence-electron chi connectivity index (χ1n) is 6.69. The highest BCUT2D eigenvalue weighted by Gasteiger charge is 2.12. The van der Waals surface area contributed by atoms with Crippen LogP contribution in [0.1, 0.15) is 42.1 Å². The van der Waals surface area contributed by atoms with E-state index in [0.29, 0.717) is 30.9 Å². The largest absolute Gasteiger partial charge is 0.493 e. The first-order chi connectivity index (χ1) is 9.24. The average molecular weight is 266 g/mol. The zero-order valence-corrected chi connectivity index (χ0v) is 11.6. The van der Waals surface area contributed by atoms with Crippen molar-refractivity contribution in [3.63, 3.8) is 0 Å². The number of hydrogen-bond acceptors (Lipinski definition) is 4. The fourth-order valence-corrected chi connectivity index (χ4v) is 1.74. The van der Waals surface area contributed by atoms with Crippen molar-refractivity contribution in [2.45, 2.75) is 33.1 Å². The highest BCUT2D eigenvalue weighted by Crippen LogP contribution is 2.31. The van der Waals surface area contributed by atoms with Crippen LogP contribution in [0.25, 0.3) is 0 Å². The van der Waals surface area contributed by atoms with E-state index < -0.39 is 0 Å². The smallest absolute Gasteiger partial charge is 0.153 e. The second-order valence-electron chi connectivity index (χ2n) is 4.35. The second kappa shape index (κ2) is 8.53. The maximum Gasteiger partial charge on any atom is 0.153 e. The molecule has 0 aliphatic carbocycles. The van der Waals surface area contributed by atoms with Crippen molar-refractivity contribution in [3.05, 3.63) is 23.3 Å². The Labute approximate surface area is 114 Å². The molecule has 0 aliphatic rings. The number of rotatable bonds is 9. The first-order valence-corrected chi connectivity index (χ1v) is 6.69. The Bertz CT molecular complexity index is 401. The van der Waals surface area contributed by atoms with E-state index >= 15 is 0 Å². The molecular formula is C15H22O4. The van der Waals surface area contributed by atoms with E-state index in [0.717, 1.165) is 30.4 Å². The Morgan fingerprint density at radius 3 is 2.63 bits per heavy atom. The standard InChI is InChI=1S/C15H22O4/c1-3-9-18-14-7-6-13(11-17)15(12(14)2)19-10-5-4-8-16/h6-7,11,16H,3-5,8-10H2,1-2H3. The Morgan fingerprint density at radius 2 is 2.00 bits per heavy atom. The number of benzene rings is 1. The van der Waals surface area contributed by atoms with Gasteiger partial charge in [-0.25, -0.2) is 0 Å². The summed E-state index contributed by atoms with van der Waals surface area (Å²) in [4.78, 5) is 11.0. The molecular weight excluding hydrogens is 244 g/mol. The van der Waals surface area contributed by atoms with Crippen molar-refractivity contribution in [1.29, 1.82) is 0 Å². The number of ether oxygens (including phenoxy) is 2.